The third-order valence-electron chi connectivity index (χ3n) is 2.39. The number of methoxy groups -OCH3 is 2. The monoisotopic (exact) mass is 248 g/mol. The number of rotatable bonds is 2. The average molecular weight is 249 g/mol. The smallest absolute Gasteiger partial charge is 0.162 e. The van der Waals surface area contributed by atoms with Crippen molar-refractivity contribution in [2.45, 2.75) is 0 Å². The zero-order chi connectivity index (χ0) is 12.4. The molecule has 1 aromatic heterocycles. The van der Waals surface area contributed by atoms with Crippen LogP contribution in [-0.4, -0.2) is 19.2 Å². The van der Waals surface area contributed by atoms with E-state index in [0.29, 0.717) is 22.6 Å². The number of fused-ring (bicyclic) bond motifs is 1. The molecule has 1 aromatic carbocycles. The molecule has 0 saturated carbocycles. The first kappa shape index (κ1) is 11.5. The van der Waals surface area contributed by atoms with E-state index in [-0.39, 0.29) is 5.15 Å². The molecule has 1 heterocycles. The predicted octanol–water partition coefficient (Wildman–Crippen LogP) is 2.78. The predicted molar refractivity (Wildman–Crippen MR) is 64.6 cm³/mol. The van der Waals surface area contributed by atoms with Gasteiger partial charge in [0.1, 0.15) is 11.2 Å². The number of pyridine rings is 1. The fourth-order valence-electron chi connectivity index (χ4n) is 1.56. The van der Waals surface area contributed by atoms with Gasteiger partial charge in [0.25, 0.3) is 0 Å². The number of benzene rings is 1. The summed E-state index contributed by atoms with van der Waals surface area (Å²) in [4.78, 5) is 4.14. The highest BCUT2D eigenvalue weighted by atomic mass is 35.5. The van der Waals surface area contributed by atoms with Crippen LogP contribution in [-0.2, 0) is 0 Å². The Labute approximate surface area is 103 Å². The number of nitriles is 1. The van der Waals surface area contributed by atoms with E-state index in [0.717, 1.165) is 5.39 Å². The number of nitrogens with zero attached hydrogens (tertiary/aromatic N) is 2. The van der Waals surface area contributed by atoms with Crippen molar-refractivity contribution in [1.29, 1.82) is 5.26 Å². The molecule has 0 aliphatic rings. The van der Waals surface area contributed by atoms with Crippen LogP contribution >= 0.6 is 11.6 Å². The van der Waals surface area contributed by atoms with Crippen LogP contribution in [0.25, 0.3) is 10.9 Å². The fourth-order valence-corrected chi connectivity index (χ4v) is 1.74. The van der Waals surface area contributed by atoms with Crippen molar-refractivity contribution >= 4 is 22.5 Å². The molecular formula is C12H9ClN2O2. The van der Waals surface area contributed by atoms with E-state index in [4.69, 9.17) is 26.3 Å². The molecule has 0 bridgehead atoms. The highest BCUT2D eigenvalue weighted by Gasteiger charge is 2.09. The van der Waals surface area contributed by atoms with E-state index in [2.05, 4.69) is 4.98 Å². The van der Waals surface area contributed by atoms with Crippen molar-refractivity contribution in [2.75, 3.05) is 14.2 Å². The van der Waals surface area contributed by atoms with E-state index < -0.39 is 0 Å². The van der Waals surface area contributed by atoms with Crippen molar-refractivity contribution in [3.8, 4) is 17.6 Å². The Morgan fingerprint density at radius 2 is 1.82 bits per heavy atom. The summed E-state index contributed by atoms with van der Waals surface area (Å²) in [6, 6.07) is 7.15. The van der Waals surface area contributed by atoms with Gasteiger partial charge in [-0.2, -0.15) is 5.26 Å². The van der Waals surface area contributed by atoms with Crippen LogP contribution in [0.15, 0.2) is 18.2 Å². The van der Waals surface area contributed by atoms with Gasteiger partial charge in [-0.15, -0.1) is 0 Å². The SMILES string of the molecule is COc1cc2cc(C#N)c(Cl)nc2cc1OC. The molecule has 0 radical (unpaired) electrons. The van der Waals surface area contributed by atoms with Gasteiger partial charge in [-0.05, 0) is 12.1 Å². The minimum absolute atomic E-state index is 0.187. The van der Waals surface area contributed by atoms with Crippen molar-refractivity contribution in [3.05, 3.63) is 28.9 Å². The first-order valence-corrected chi connectivity index (χ1v) is 5.19. The van der Waals surface area contributed by atoms with Crippen LogP contribution in [0.1, 0.15) is 5.56 Å². The summed E-state index contributed by atoms with van der Waals surface area (Å²) >= 11 is 5.87. The van der Waals surface area contributed by atoms with Gasteiger partial charge in [0.05, 0.1) is 25.3 Å². The van der Waals surface area contributed by atoms with Gasteiger partial charge >= 0.3 is 0 Å². The molecule has 4 nitrogen and oxygen atoms in total. The minimum Gasteiger partial charge on any atom is -0.493 e. The molecule has 0 unspecified atom stereocenters. The van der Waals surface area contributed by atoms with Crippen LogP contribution in [0.4, 0.5) is 0 Å². The van der Waals surface area contributed by atoms with Crippen LogP contribution in [0.3, 0.4) is 0 Å². The summed E-state index contributed by atoms with van der Waals surface area (Å²) in [6.45, 7) is 0. The van der Waals surface area contributed by atoms with Crippen molar-refractivity contribution in [1.82, 2.24) is 4.98 Å². The molecule has 0 aliphatic heterocycles. The second-order valence-corrected chi connectivity index (χ2v) is 3.70. The second kappa shape index (κ2) is 4.48. The summed E-state index contributed by atoms with van der Waals surface area (Å²) in [5.74, 6) is 1.17. The first-order chi connectivity index (χ1) is 8.19. The summed E-state index contributed by atoms with van der Waals surface area (Å²) in [5.41, 5.74) is 0.998. The van der Waals surface area contributed by atoms with Gasteiger partial charge < -0.3 is 9.47 Å². The highest BCUT2D eigenvalue weighted by molar-refractivity contribution is 6.31. The second-order valence-electron chi connectivity index (χ2n) is 3.34. The van der Waals surface area contributed by atoms with Gasteiger partial charge in [-0.25, -0.2) is 4.98 Å². The summed E-state index contributed by atoms with van der Waals surface area (Å²) in [5, 5.41) is 9.84. The minimum atomic E-state index is 0.187. The third kappa shape index (κ3) is 1.97. The Kier molecular flexibility index (Phi) is 3.03. The lowest BCUT2D eigenvalue weighted by Gasteiger charge is -2.09. The largest absolute Gasteiger partial charge is 0.493 e. The lowest BCUT2D eigenvalue weighted by atomic mass is 10.1. The molecule has 0 N–H and O–H groups in total. The zero-order valence-electron chi connectivity index (χ0n) is 9.32. The van der Waals surface area contributed by atoms with Crippen molar-refractivity contribution < 1.29 is 9.47 Å². The van der Waals surface area contributed by atoms with Gasteiger partial charge in [0, 0.05) is 11.5 Å². The molecule has 0 spiro atoms. The number of hydrogen-bond donors (Lipinski definition) is 0. The molecule has 0 atom stereocenters. The summed E-state index contributed by atoms with van der Waals surface area (Å²) < 4.78 is 10.3. The molecule has 17 heavy (non-hydrogen) atoms. The van der Waals surface area contributed by atoms with Crippen molar-refractivity contribution in [3.63, 3.8) is 0 Å². The Hall–Kier alpha value is -1.99. The molecule has 0 saturated heterocycles. The molecule has 0 fully saturated rings. The van der Waals surface area contributed by atoms with Crippen LogP contribution < -0.4 is 9.47 Å². The lowest BCUT2D eigenvalue weighted by Crippen LogP contribution is -1.92. The van der Waals surface area contributed by atoms with E-state index in [1.54, 1.807) is 32.4 Å². The summed E-state index contributed by atoms with van der Waals surface area (Å²) in [7, 11) is 3.10. The van der Waals surface area contributed by atoms with Crippen LogP contribution in [0, 0.1) is 11.3 Å². The molecule has 2 rings (SSSR count). The molecule has 2 aromatic rings. The molecule has 86 valence electrons. The lowest BCUT2D eigenvalue weighted by molar-refractivity contribution is 0.356. The summed E-state index contributed by atoms with van der Waals surface area (Å²) in [6.07, 6.45) is 0. The number of hydrogen-bond acceptors (Lipinski definition) is 4. The van der Waals surface area contributed by atoms with Crippen molar-refractivity contribution in [2.24, 2.45) is 0 Å². The Morgan fingerprint density at radius 3 is 2.41 bits per heavy atom. The fraction of sp³-hybridized carbons (Fsp3) is 0.167. The maximum atomic E-state index is 8.87. The van der Waals surface area contributed by atoms with Gasteiger partial charge in [0.2, 0.25) is 0 Å². The van der Waals surface area contributed by atoms with E-state index in [1.165, 1.54) is 0 Å². The topological polar surface area (TPSA) is 55.1 Å². The number of halogens is 1. The van der Waals surface area contributed by atoms with Crippen LogP contribution in [0.2, 0.25) is 5.15 Å². The Bertz CT molecular complexity index is 620. The van der Waals surface area contributed by atoms with Gasteiger partial charge in [0.15, 0.2) is 11.5 Å². The third-order valence-corrected chi connectivity index (χ3v) is 2.68. The van der Waals surface area contributed by atoms with Crippen LogP contribution in [0.5, 0.6) is 11.5 Å². The average Bonchev–Trinajstić information content (AvgIpc) is 2.36. The first-order valence-electron chi connectivity index (χ1n) is 4.82. The Morgan fingerprint density at radius 1 is 1.18 bits per heavy atom. The normalized spacial score (nSPS) is 10.0. The van der Waals surface area contributed by atoms with E-state index in [9.17, 15) is 0 Å². The standard InChI is InChI=1S/C12H9ClN2O2/c1-16-10-4-7-3-8(6-14)12(13)15-9(7)5-11(10)17-2/h3-5H,1-2H3. The number of ether oxygens (including phenoxy) is 2. The molecule has 0 amide bonds. The maximum absolute atomic E-state index is 8.87. The molecular weight excluding hydrogens is 240 g/mol. The number of aromatic nitrogens is 1. The quantitative estimate of drug-likeness (QED) is 0.767. The van der Waals surface area contributed by atoms with E-state index >= 15 is 0 Å². The maximum Gasteiger partial charge on any atom is 0.162 e. The zero-order valence-corrected chi connectivity index (χ0v) is 10.1. The van der Waals surface area contributed by atoms with Gasteiger partial charge in [-0.1, -0.05) is 11.6 Å². The molecule has 0 aliphatic carbocycles. The van der Waals surface area contributed by atoms with E-state index in [1.807, 2.05) is 6.07 Å². The highest BCUT2D eigenvalue weighted by Crippen LogP contribution is 2.32. The van der Waals surface area contributed by atoms with Gasteiger partial charge in [-0.3, -0.25) is 0 Å². The molecule has 5 heteroatoms. The Balaban J connectivity index is 2.75.